The summed E-state index contributed by atoms with van der Waals surface area (Å²) in [5, 5.41) is 21.3. The Morgan fingerprint density at radius 1 is 1.20 bits per heavy atom. The van der Waals surface area contributed by atoms with E-state index in [-0.39, 0.29) is 12.5 Å². The number of rotatable bonds is 8. The van der Waals surface area contributed by atoms with E-state index in [0.29, 0.717) is 28.3 Å². The molecule has 1 aliphatic heterocycles. The molecule has 3 aromatic heterocycles. The summed E-state index contributed by atoms with van der Waals surface area (Å²) in [7, 11) is 0. The number of carbonyl (C=O) groups is 1. The Bertz CT molecular complexity index is 1690. The molecule has 6 rings (SSSR count). The van der Waals surface area contributed by atoms with Gasteiger partial charge in [0.05, 0.1) is 18.2 Å². The number of hydrogen-bond acceptors (Lipinski definition) is 6. The summed E-state index contributed by atoms with van der Waals surface area (Å²) < 4.78 is 1.80. The van der Waals surface area contributed by atoms with Crippen molar-refractivity contribution < 1.29 is 9.90 Å². The monoisotopic (exact) mass is 569 g/mol. The standard InChI is InChI=1S/C31H32ClN7O2/c1-19-15-35-31(36-24-5-6-27-25(14-24)26(16-34-27)20-7-10-33-11-8-20)38-29(19)39-12-9-22(17-39)30(41)37-28(18-40)21-3-2-4-23(32)13-21/h2-6,9,12-17,20,28,33-34,40H,7-8,10-11,18H2,1H3,(H,37,41)(H,35,36,38). The molecule has 0 bridgehead atoms. The van der Waals surface area contributed by atoms with E-state index in [9.17, 15) is 9.90 Å². The maximum absolute atomic E-state index is 13.0. The minimum absolute atomic E-state index is 0.249. The first-order chi connectivity index (χ1) is 20.0. The van der Waals surface area contributed by atoms with Crippen molar-refractivity contribution in [3.05, 3.63) is 101 Å². The third kappa shape index (κ3) is 5.83. The first-order valence-corrected chi connectivity index (χ1v) is 14.1. The SMILES string of the molecule is Cc1cnc(Nc2ccc3[nH]cc(C4CCNCC4)c3c2)nc1-n1ccc(C(=O)NC(CO)c2cccc(Cl)c2)c1. The van der Waals surface area contributed by atoms with Crippen molar-refractivity contribution in [1.82, 2.24) is 30.2 Å². The number of halogens is 1. The van der Waals surface area contributed by atoms with Crippen LogP contribution in [-0.2, 0) is 0 Å². The van der Waals surface area contributed by atoms with Gasteiger partial charge in [-0.2, -0.15) is 4.98 Å². The molecule has 5 aromatic rings. The highest BCUT2D eigenvalue weighted by atomic mass is 35.5. The second-order valence-corrected chi connectivity index (χ2v) is 10.9. The van der Waals surface area contributed by atoms with Gasteiger partial charge in [0.25, 0.3) is 5.91 Å². The smallest absolute Gasteiger partial charge is 0.253 e. The third-order valence-corrected chi connectivity index (χ3v) is 7.87. The molecule has 1 saturated heterocycles. The Balaban J connectivity index is 1.20. The van der Waals surface area contributed by atoms with Gasteiger partial charge < -0.3 is 30.6 Å². The molecule has 10 heteroatoms. The number of aliphatic hydroxyl groups is 1. The average Bonchev–Trinajstić information content (AvgIpc) is 3.65. The number of aromatic nitrogens is 4. The van der Waals surface area contributed by atoms with E-state index in [1.165, 1.54) is 10.9 Å². The maximum atomic E-state index is 13.0. The van der Waals surface area contributed by atoms with Crippen molar-refractivity contribution in [3.8, 4) is 5.82 Å². The number of anilines is 2. The Morgan fingerprint density at radius 3 is 2.85 bits per heavy atom. The van der Waals surface area contributed by atoms with Crippen molar-refractivity contribution in [1.29, 1.82) is 0 Å². The van der Waals surface area contributed by atoms with Crippen LogP contribution in [0, 0.1) is 6.92 Å². The molecule has 1 unspecified atom stereocenters. The average molecular weight is 570 g/mol. The van der Waals surface area contributed by atoms with Gasteiger partial charge in [-0.3, -0.25) is 4.79 Å². The van der Waals surface area contributed by atoms with Crippen LogP contribution in [0.1, 0.15) is 51.8 Å². The van der Waals surface area contributed by atoms with E-state index in [2.05, 4.69) is 44.2 Å². The van der Waals surface area contributed by atoms with E-state index >= 15 is 0 Å². The number of amides is 1. The number of piperidine rings is 1. The van der Waals surface area contributed by atoms with Gasteiger partial charge >= 0.3 is 0 Å². The number of aryl methyl sites for hydroxylation is 1. The molecule has 1 aliphatic rings. The van der Waals surface area contributed by atoms with Gasteiger partial charge in [-0.1, -0.05) is 23.7 Å². The van der Waals surface area contributed by atoms with Crippen LogP contribution in [0.5, 0.6) is 0 Å². The molecule has 0 radical (unpaired) electrons. The zero-order valence-electron chi connectivity index (χ0n) is 22.7. The summed E-state index contributed by atoms with van der Waals surface area (Å²) >= 11 is 6.09. The molecular formula is C31H32ClN7O2. The van der Waals surface area contributed by atoms with E-state index < -0.39 is 6.04 Å². The summed E-state index contributed by atoms with van der Waals surface area (Å²) in [6.45, 7) is 3.77. The van der Waals surface area contributed by atoms with Crippen molar-refractivity contribution in [2.75, 3.05) is 25.0 Å². The number of H-pyrrole nitrogens is 1. The fourth-order valence-electron chi connectivity index (χ4n) is 5.44. The highest BCUT2D eigenvalue weighted by molar-refractivity contribution is 6.30. The molecule has 9 nitrogen and oxygen atoms in total. The molecule has 41 heavy (non-hydrogen) atoms. The largest absolute Gasteiger partial charge is 0.394 e. The lowest BCUT2D eigenvalue weighted by atomic mass is 9.90. The lowest BCUT2D eigenvalue weighted by Gasteiger charge is -2.22. The summed E-state index contributed by atoms with van der Waals surface area (Å²) in [4.78, 5) is 25.7. The number of fused-ring (bicyclic) bond motifs is 1. The number of aromatic amines is 1. The summed E-state index contributed by atoms with van der Waals surface area (Å²) in [5.41, 5.74) is 5.42. The number of hydrogen-bond donors (Lipinski definition) is 5. The third-order valence-electron chi connectivity index (χ3n) is 7.63. The van der Waals surface area contributed by atoms with Crippen LogP contribution in [0.4, 0.5) is 11.6 Å². The second kappa shape index (κ2) is 11.7. The lowest BCUT2D eigenvalue weighted by molar-refractivity contribution is 0.0916. The van der Waals surface area contributed by atoms with E-state index in [1.807, 2.05) is 19.1 Å². The predicted molar refractivity (Wildman–Crippen MR) is 161 cm³/mol. The topological polar surface area (TPSA) is 120 Å². The Labute approximate surface area is 243 Å². The van der Waals surface area contributed by atoms with E-state index in [1.54, 1.807) is 47.4 Å². The molecule has 1 amide bonds. The van der Waals surface area contributed by atoms with Gasteiger partial charge in [0.15, 0.2) is 0 Å². The van der Waals surface area contributed by atoms with Crippen LogP contribution in [0.25, 0.3) is 16.7 Å². The van der Waals surface area contributed by atoms with Crippen LogP contribution < -0.4 is 16.0 Å². The van der Waals surface area contributed by atoms with Crippen molar-refractivity contribution in [2.45, 2.75) is 31.7 Å². The van der Waals surface area contributed by atoms with Crippen molar-refractivity contribution in [2.24, 2.45) is 0 Å². The van der Waals surface area contributed by atoms with E-state index in [0.717, 1.165) is 48.3 Å². The molecule has 1 fully saturated rings. The first-order valence-electron chi connectivity index (χ1n) is 13.8. The Kier molecular flexibility index (Phi) is 7.74. The lowest BCUT2D eigenvalue weighted by Crippen LogP contribution is -2.30. The predicted octanol–water partition coefficient (Wildman–Crippen LogP) is 5.38. The number of aliphatic hydroxyl groups excluding tert-OH is 1. The van der Waals surface area contributed by atoms with Crippen molar-refractivity contribution >= 4 is 40.0 Å². The minimum Gasteiger partial charge on any atom is -0.394 e. The van der Waals surface area contributed by atoms with Gasteiger partial charge in [-0.15, -0.1) is 0 Å². The number of nitrogens with zero attached hydrogens (tertiary/aromatic N) is 3. The fourth-order valence-corrected chi connectivity index (χ4v) is 5.64. The molecule has 0 spiro atoms. The first kappa shape index (κ1) is 27.0. The fraction of sp³-hybridized carbons (Fsp3) is 0.258. The second-order valence-electron chi connectivity index (χ2n) is 10.4. The number of nitrogens with one attached hydrogen (secondary N) is 4. The van der Waals surface area contributed by atoms with Gasteiger partial charge in [0, 0.05) is 52.0 Å². The van der Waals surface area contributed by atoms with Crippen LogP contribution in [0.15, 0.2) is 73.3 Å². The van der Waals surface area contributed by atoms with Crippen LogP contribution in [0.3, 0.4) is 0 Å². The maximum Gasteiger partial charge on any atom is 0.253 e. The highest BCUT2D eigenvalue weighted by Gasteiger charge is 2.20. The van der Waals surface area contributed by atoms with Crippen LogP contribution >= 0.6 is 11.6 Å². The zero-order valence-corrected chi connectivity index (χ0v) is 23.4. The summed E-state index contributed by atoms with van der Waals surface area (Å²) in [6, 6.07) is 14.5. The highest BCUT2D eigenvalue weighted by Crippen LogP contribution is 2.33. The number of benzene rings is 2. The zero-order chi connectivity index (χ0) is 28.3. The molecule has 210 valence electrons. The summed E-state index contributed by atoms with van der Waals surface area (Å²) in [6.07, 6.45) is 9.68. The molecule has 2 aromatic carbocycles. The van der Waals surface area contributed by atoms with Crippen molar-refractivity contribution in [3.63, 3.8) is 0 Å². The van der Waals surface area contributed by atoms with Gasteiger partial charge in [-0.25, -0.2) is 4.98 Å². The quantitative estimate of drug-likeness (QED) is 0.171. The molecule has 0 aliphatic carbocycles. The molecule has 1 atom stereocenters. The van der Waals surface area contributed by atoms with Gasteiger partial charge in [0.1, 0.15) is 5.82 Å². The normalized spacial score (nSPS) is 14.7. The molecule has 5 N–H and O–H groups in total. The summed E-state index contributed by atoms with van der Waals surface area (Å²) in [5.74, 6) is 1.36. The Hall–Kier alpha value is -4.18. The van der Waals surface area contributed by atoms with Crippen LogP contribution in [-0.4, -0.2) is 50.2 Å². The van der Waals surface area contributed by atoms with Gasteiger partial charge in [-0.05, 0) is 86.3 Å². The van der Waals surface area contributed by atoms with Gasteiger partial charge in [0.2, 0.25) is 5.95 Å². The minimum atomic E-state index is -0.575. The number of carbonyl (C=O) groups excluding carboxylic acids is 1. The molecule has 0 saturated carbocycles. The van der Waals surface area contributed by atoms with E-state index in [4.69, 9.17) is 16.6 Å². The molecule has 4 heterocycles. The molecular weight excluding hydrogens is 538 g/mol. The Morgan fingerprint density at radius 2 is 2.05 bits per heavy atom. The van der Waals surface area contributed by atoms with Crippen LogP contribution in [0.2, 0.25) is 5.02 Å².